The van der Waals surface area contributed by atoms with Crippen molar-refractivity contribution >= 4 is 28.8 Å². The standard InChI is InChI=1S/C28H34F3N5O2/c1-38-23-13-20-4-5-21(14-23)36(20)22-6-7-24-25(15-22)35(16-19-3-2-10-32-26(19)33-24)27(37)18-8-11-34(12-9-18)17-28(29,30)31/h2-3,6-7,10,15,18,20-21,23H,4-5,8-9,11-14,16-17H2,1H3,(H,32,33)/t20-,21+,23?. The van der Waals surface area contributed by atoms with Crippen molar-refractivity contribution in [2.45, 2.75) is 69.4 Å². The SMILES string of the molecule is COC1C[C@H]2CC[C@@H](C1)N2c1ccc2c(c1)N(C(=O)C1CCN(CC(F)(F)F)CC1)Cc1cccnc1N2. The third-order valence-corrected chi connectivity index (χ3v) is 8.67. The molecule has 3 saturated heterocycles. The number of nitrogens with one attached hydrogen (secondary N) is 1. The lowest BCUT2D eigenvalue weighted by atomic mass is 9.94. The number of anilines is 4. The van der Waals surface area contributed by atoms with Crippen LogP contribution >= 0.6 is 0 Å². The first-order valence-electron chi connectivity index (χ1n) is 13.6. The molecule has 4 aliphatic heterocycles. The fraction of sp³-hybridized carbons (Fsp3) is 0.571. The molecule has 7 nitrogen and oxygen atoms in total. The average Bonchev–Trinajstić information content (AvgIpc) is 3.07. The smallest absolute Gasteiger partial charge is 0.381 e. The van der Waals surface area contributed by atoms with Crippen molar-refractivity contribution in [2.75, 3.05) is 41.9 Å². The second-order valence-electron chi connectivity index (χ2n) is 11.0. The highest BCUT2D eigenvalue weighted by molar-refractivity contribution is 6.00. The fourth-order valence-electron chi connectivity index (χ4n) is 6.82. The summed E-state index contributed by atoms with van der Waals surface area (Å²) in [4.78, 5) is 24.2. The van der Waals surface area contributed by atoms with Gasteiger partial charge in [0.25, 0.3) is 0 Å². The number of hydrogen-bond acceptors (Lipinski definition) is 6. The molecule has 1 N–H and O–H groups in total. The molecule has 6 rings (SSSR count). The molecule has 3 fully saturated rings. The number of aromatic nitrogens is 1. The third kappa shape index (κ3) is 4.96. The number of fused-ring (bicyclic) bond motifs is 4. The number of halogens is 3. The third-order valence-electron chi connectivity index (χ3n) is 8.67. The predicted molar refractivity (Wildman–Crippen MR) is 140 cm³/mol. The van der Waals surface area contributed by atoms with Crippen LogP contribution in [0.5, 0.6) is 0 Å². The zero-order chi connectivity index (χ0) is 26.4. The number of pyridine rings is 1. The number of ether oxygens (including phenoxy) is 1. The van der Waals surface area contributed by atoms with Crippen LogP contribution in [0.25, 0.3) is 0 Å². The summed E-state index contributed by atoms with van der Waals surface area (Å²) in [6, 6.07) is 10.9. The summed E-state index contributed by atoms with van der Waals surface area (Å²) in [6.07, 6.45) is 2.89. The minimum absolute atomic E-state index is 0.0328. The summed E-state index contributed by atoms with van der Waals surface area (Å²) in [6.45, 7) is -0.0165. The van der Waals surface area contributed by atoms with Crippen molar-refractivity contribution in [3.8, 4) is 0 Å². The van der Waals surface area contributed by atoms with Crippen molar-refractivity contribution in [3.63, 3.8) is 0 Å². The number of nitrogens with zero attached hydrogens (tertiary/aromatic N) is 4. The molecule has 3 atom stereocenters. The normalized spacial score (nSPS) is 25.9. The predicted octanol–water partition coefficient (Wildman–Crippen LogP) is 5.09. The number of carbonyl (C=O) groups excluding carboxylic acids is 1. The minimum atomic E-state index is -4.23. The van der Waals surface area contributed by atoms with Gasteiger partial charge in [-0.15, -0.1) is 0 Å². The molecule has 38 heavy (non-hydrogen) atoms. The van der Waals surface area contributed by atoms with Gasteiger partial charge in [-0.1, -0.05) is 6.07 Å². The van der Waals surface area contributed by atoms with Gasteiger partial charge in [-0.25, -0.2) is 4.98 Å². The Labute approximate surface area is 220 Å². The van der Waals surface area contributed by atoms with Crippen LogP contribution in [-0.2, 0) is 16.1 Å². The largest absolute Gasteiger partial charge is 0.401 e. The molecule has 0 radical (unpaired) electrons. The molecule has 0 aliphatic carbocycles. The summed E-state index contributed by atoms with van der Waals surface area (Å²) >= 11 is 0. The summed E-state index contributed by atoms with van der Waals surface area (Å²) in [5.41, 5.74) is 3.63. The van der Waals surface area contributed by atoms with E-state index < -0.39 is 12.7 Å². The Kier molecular flexibility index (Phi) is 6.72. The van der Waals surface area contributed by atoms with E-state index in [1.807, 2.05) is 23.1 Å². The molecule has 5 heterocycles. The lowest BCUT2D eigenvalue weighted by Crippen LogP contribution is -2.46. The Balaban J connectivity index is 1.29. The second kappa shape index (κ2) is 10.0. The molecule has 2 bridgehead atoms. The highest BCUT2D eigenvalue weighted by Crippen LogP contribution is 2.44. The Morgan fingerprint density at radius 2 is 1.84 bits per heavy atom. The monoisotopic (exact) mass is 529 g/mol. The summed E-state index contributed by atoms with van der Waals surface area (Å²) < 4.78 is 44.4. The lowest BCUT2D eigenvalue weighted by molar-refractivity contribution is -0.149. The Bertz CT molecular complexity index is 1170. The van der Waals surface area contributed by atoms with Gasteiger partial charge in [0, 0.05) is 42.6 Å². The van der Waals surface area contributed by atoms with Gasteiger partial charge in [0.05, 0.1) is 30.6 Å². The molecule has 204 valence electrons. The molecule has 1 aromatic carbocycles. The molecule has 0 saturated carbocycles. The van der Waals surface area contributed by atoms with Gasteiger partial charge in [0.1, 0.15) is 5.82 Å². The first kappa shape index (κ1) is 25.4. The maximum atomic E-state index is 14.0. The summed E-state index contributed by atoms with van der Waals surface area (Å²) in [7, 11) is 1.79. The number of methoxy groups -OCH3 is 1. The van der Waals surface area contributed by atoms with Crippen LogP contribution in [0.4, 0.5) is 36.1 Å². The van der Waals surface area contributed by atoms with Gasteiger partial charge in [-0.3, -0.25) is 9.69 Å². The van der Waals surface area contributed by atoms with Crippen LogP contribution in [0, 0.1) is 5.92 Å². The van der Waals surface area contributed by atoms with Crippen LogP contribution < -0.4 is 15.1 Å². The molecular formula is C28H34F3N5O2. The van der Waals surface area contributed by atoms with E-state index in [0.717, 1.165) is 54.1 Å². The molecule has 1 amide bonds. The second-order valence-corrected chi connectivity index (χ2v) is 11.0. The quantitative estimate of drug-likeness (QED) is 0.595. The van der Waals surface area contributed by atoms with E-state index in [9.17, 15) is 18.0 Å². The van der Waals surface area contributed by atoms with E-state index in [4.69, 9.17) is 4.74 Å². The first-order valence-corrected chi connectivity index (χ1v) is 13.6. The van der Waals surface area contributed by atoms with Crippen LogP contribution in [-0.4, -0.2) is 66.9 Å². The number of hydrogen-bond donors (Lipinski definition) is 1. The van der Waals surface area contributed by atoms with Crippen LogP contribution in [0.15, 0.2) is 36.5 Å². The van der Waals surface area contributed by atoms with Gasteiger partial charge in [0.15, 0.2) is 0 Å². The van der Waals surface area contributed by atoms with Crippen molar-refractivity contribution < 1.29 is 22.7 Å². The van der Waals surface area contributed by atoms with E-state index >= 15 is 0 Å². The molecule has 4 aliphatic rings. The van der Waals surface area contributed by atoms with E-state index in [0.29, 0.717) is 31.5 Å². The number of piperidine rings is 2. The molecule has 1 unspecified atom stereocenters. The van der Waals surface area contributed by atoms with Gasteiger partial charge < -0.3 is 19.9 Å². The Morgan fingerprint density at radius 1 is 1.11 bits per heavy atom. The Hall–Kier alpha value is -2.85. The lowest BCUT2D eigenvalue weighted by Gasteiger charge is -2.40. The average molecular weight is 530 g/mol. The number of carbonyl (C=O) groups is 1. The van der Waals surface area contributed by atoms with Crippen molar-refractivity contribution in [2.24, 2.45) is 5.92 Å². The minimum Gasteiger partial charge on any atom is -0.381 e. The molecular weight excluding hydrogens is 495 g/mol. The summed E-state index contributed by atoms with van der Waals surface area (Å²) in [5, 5.41) is 3.43. The van der Waals surface area contributed by atoms with Crippen LogP contribution in [0.2, 0.25) is 0 Å². The van der Waals surface area contributed by atoms with E-state index in [1.54, 1.807) is 13.3 Å². The van der Waals surface area contributed by atoms with Gasteiger partial charge in [0.2, 0.25) is 5.91 Å². The summed E-state index contributed by atoms with van der Waals surface area (Å²) in [5.74, 6) is 0.371. The van der Waals surface area contributed by atoms with E-state index in [1.165, 1.54) is 4.90 Å². The topological polar surface area (TPSA) is 60.9 Å². The highest BCUT2D eigenvalue weighted by Gasteiger charge is 2.42. The van der Waals surface area contributed by atoms with E-state index in [-0.39, 0.29) is 31.0 Å². The molecule has 10 heteroatoms. The van der Waals surface area contributed by atoms with Crippen molar-refractivity contribution in [3.05, 3.63) is 42.1 Å². The van der Waals surface area contributed by atoms with Gasteiger partial charge in [-0.2, -0.15) is 13.2 Å². The van der Waals surface area contributed by atoms with Crippen molar-refractivity contribution in [1.29, 1.82) is 0 Å². The number of amides is 1. The first-order chi connectivity index (χ1) is 18.3. The number of benzene rings is 1. The maximum absolute atomic E-state index is 14.0. The van der Waals surface area contributed by atoms with E-state index in [2.05, 4.69) is 27.3 Å². The molecule has 1 aromatic heterocycles. The zero-order valence-corrected chi connectivity index (χ0v) is 21.6. The van der Waals surface area contributed by atoms with Gasteiger partial charge >= 0.3 is 6.18 Å². The maximum Gasteiger partial charge on any atom is 0.401 e. The number of rotatable bonds is 4. The van der Waals surface area contributed by atoms with Crippen LogP contribution in [0.3, 0.4) is 0 Å². The highest BCUT2D eigenvalue weighted by atomic mass is 19.4. The number of likely N-dealkylation sites (tertiary alicyclic amines) is 1. The molecule has 0 spiro atoms. The van der Waals surface area contributed by atoms with Crippen LogP contribution in [0.1, 0.15) is 44.1 Å². The van der Waals surface area contributed by atoms with Gasteiger partial charge in [-0.05, 0) is 75.9 Å². The van der Waals surface area contributed by atoms with Crippen molar-refractivity contribution in [1.82, 2.24) is 9.88 Å². The Morgan fingerprint density at radius 3 is 2.53 bits per heavy atom. The number of alkyl halides is 3. The zero-order valence-electron chi connectivity index (χ0n) is 21.6. The molecule has 2 aromatic rings. The fourth-order valence-corrected chi connectivity index (χ4v) is 6.82.